The van der Waals surface area contributed by atoms with E-state index in [2.05, 4.69) is 0 Å². The van der Waals surface area contributed by atoms with Crippen LogP contribution in [0.15, 0.2) is 23.1 Å². The second kappa shape index (κ2) is 6.00. The molecule has 6 heteroatoms. The maximum Gasteiger partial charge on any atom is 0.243 e. The molecule has 2 atom stereocenters. The highest BCUT2D eigenvalue weighted by Gasteiger charge is 2.34. The Balaban J connectivity index is 2.46. The van der Waals surface area contributed by atoms with Crippen molar-refractivity contribution in [2.75, 3.05) is 6.54 Å². The number of benzene rings is 1. The van der Waals surface area contributed by atoms with E-state index in [1.54, 1.807) is 0 Å². The zero-order valence-electron chi connectivity index (χ0n) is 11.6. The van der Waals surface area contributed by atoms with Crippen molar-refractivity contribution in [1.29, 1.82) is 0 Å². The van der Waals surface area contributed by atoms with Crippen molar-refractivity contribution in [3.8, 4) is 0 Å². The van der Waals surface area contributed by atoms with Gasteiger partial charge in [-0.3, -0.25) is 0 Å². The summed E-state index contributed by atoms with van der Waals surface area (Å²) in [6.45, 7) is 4.40. The normalized spacial score (nSPS) is 24.8. The van der Waals surface area contributed by atoms with Crippen molar-refractivity contribution in [2.24, 2.45) is 5.92 Å². The fourth-order valence-electron chi connectivity index (χ4n) is 2.59. The largest absolute Gasteiger partial charge is 0.243 e. The average Bonchev–Trinajstić information content (AvgIpc) is 2.41. The third-order valence-electron chi connectivity index (χ3n) is 3.82. The molecule has 20 heavy (non-hydrogen) atoms. The molecule has 0 bridgehead atoms. The molecule has 112 valence electrons. The smallest absolute Gasteiger partial charge is 0.207 e. The minimum absolute atomic E-state index is 0.00606. The molecule has 2 unspecified atom stereocenters. The summed E-state index contributed by atoms with van der Waals surface area (Å²) in [5.74, 6) is -0.198. The number of rotatable bonds is 3. The zero-order valence-corrected chi connectivity index (χ0v) is 13.2. The lowest BCUT2D eigenvalue weighted by Gasteiger charge is -2.36. The van der Waals surface area contributed by atoms with Crippen molar-refractivity contribution in [2.45, 2.75) is 43.5 Å². The third-order valence-corrected chi connectivity index (χ3v) is 6.17. The van der Waals surface area contributed by atoms with Crippen LogP contribution in [0, 0.1) is 11.7 Å². The molecule has 0 spiro atoms. The molecule has 0 aromatic heterocycles. The van der Waals surface area contributed by atoms with Gasteiger partial charge in [0.2, 0.25) is 10.0 Å². The Morgan fingerprint density at radius 2 is 2.05 bits per heavy atom. The summed E-state index contributed by atoms with van der Waals surface area (Å²) in [4.78, 5) is -0.00606. The van der Waals surface area contributed by atoms with Gasteiger partial charge in [0, 0.05) is 18.5 Å². The standard InChI is InChI=1S/C14H19ClFNO2S/c1-10-3-4-11(2)17(9-10)20(18,19)14-7-13(16)6-5-12(14)8-15/h5-7,10-11H,3-4,8-9H2,1-2H3. The zero-order chi connectivity index (χ0) is 14.9. The van der Waals surface area contributed by atoms with Gasteiger partial charge >= 0.3 is 0 Å². The Morgan fingerprint density at radius 1 is 1.35 bits per heavy atom. The first-order valence-electron chi connectivity index (χ1n) is 6.72. The van der Waals surface area contributed by atoms with Crippen LogP contribution in [-0.4, -0.2) is 25.3 Å². The summed E-state index contributed by atoms with van der Waals surface area (Å²) in [6, 6.07) is 3.67. The van der Waals surface area contributed by atoms with E-state index in [1.165, 1.54) is 16.4 Å². The van der Waals surface area contributed by atoms with E-state index >= 15 is 0 Å². The van der Waals surface area contributed by atoms with E-state index in [0.29, 0.717) is 18.0 Å². The molecule has 1 aromatic carbocycles. The van der Waals surface area contributed by atoms with Gasteiger partial charge in [-0.25, -0.2) is 12.8 Å². The second-order valence-corrected chi connectivity index (χ2v) is 7.62. The number of alkyl halides is 1. The van der Waals surface area contributed by atoms with Gasteiger partial charge < -0.3 is 0 Å². The summed E-state index contributed by atoms with van der Waals surface area (Å²) in [7, 11) is -3.70. The van der Waals surface area contributed by atoms with E-state index in [9.17, 15) is 12.8 Å². The van der Waals surface area contributed by atoms with Gasteiger partial charge in [-0.15, -0.1) is 11.6 Å². The monoisotopic (exact) mass is 319 g/mol. The molecule has 2 rings (SSSR count). The molecule has 0 amide bonds. The van der Waals surface area contributed by atoms with Gasteiger partial charge in [0.15, 0.2) is 0 Å². The van der Waals surface area contributed by atoms with Gasteiger partial charge in [0.25, 0.3) is 0 Å². The third kappa shape index (κ3) is 3.00. The van der Waals surface area contributed by atoms with Crippen molar-refractivity contribution < 1.29 is 12.8 Å². The number of piperidine rings is 1. The summed E-state index contributed by atoms with van der Waals surface area (Å²) in [5.41, 5.74) is 0.443. The van der Waals surface area contributed by atoms with E-state index in [0.717, 1.165) is 18.9 Å². The van der Waals surface area contributed by atoms with Crippen LogP contribution in [0.5, 0.6) is 0 Å². The number of hydrogen-bond donors (Lipinski definition) is 0. The van der Waals surface area contributed by atoms with E-state index < -0.39 is 15.8 Å². The van der Waals surface area contributed by atoms with Crippen molar-refractivity contribution >= 4 is 21.6 Å². The molecule has 1 saturated heterocycles. The van der Waals surface area contributed by atoms with E-state index in [1.807, 2.05) is 13.8 Å². The molecule has 0 aliphatic carbocycles. The lowest BCUT2D eigenvalue weighted by molar-refractivity contribution is 0.218. The first-order valence-corrected chi connectivity index (χ1v) is 8.70. The maximum absolute atomic E-state index is 13.4. The highest BCUT2D eigenvalue weighted by atomic mass is 35.5. The summed E-state index contributed by atoms with van der Waals surface area (Å²) >= 11 is 5.79. The average molecular weight is 320 g/mol. The first-order chi connectivity index (χ1) is 9.36. The highest BCUT2D eigenvalue weighted by molar-refractivity contribution is 7.89. The molecule has 1 fully saturated rings. The van der Waals surface area contributed by atoms with Crippen LogP contribution < -0.4 is 0 Å². The Bertz CT molecular complexity index is 591. The van der Waals surface area contributed by atoms with Gasteiger partial charge in [-0.05, 0) is 43.4 Å². The van der Waals surface area contributed by atoms with Gasteiger partial charge in [-0.1, -0.05) is 13.0 Å². The van der Waals surface area contributed by atoms with Crippen molar-refractivity contribution in [3.05, 3.63) is 29.6 Å². The lowest BCUT2D eigenvalue weighted by Crippen LogP contribution is -2.45. The number of hydrogen-bond acceptors (Lipinski definition) is 2. The van der Waals surface area contributed by atoms with Gasteiger partial charge in [0.05, 0.1) is 4.90 Å². The number of halogens is 2. The van der Waals surface area contributed by atoms with Crippen molar-refractivity contribution in [1.82, 2.24) is 4.31 Å². The fraction of sp³-hybridized carbons (Fsp3) is 0.571. The molecular formula is C14H19ClFNO2S. The van der Waals surface area contributed by atoms with E-state index in [-0.39, 0.29) is 16.8 Å². The molecule has 1 aromatic rings. The predicted molar refractivity (Wildman–Crippen MR) is 77.7 cm³/mol. The molecular weight excluding hydrogens is 301 g/mol. The molecule has 1 heterocycles. The van der Waals surface area contributed by atoms with Crippen LogP contribution >= 0.6 is 11.6 Å². The fourth-order valence-corrected chi connectivity index (χ4v) is 4.92. The molecule has 0 radical (unpaired) electrons. The quantitative estimate of drug-likeness (QED) is 0.801. The summed E-state index contributed by atoms with van der Waals surface area (Å²) in [5, 5.41) is 0. The highest BCUT2D eigenvalue weighted by Crippen LogP contribution is 2.30. The molecule has 0 saturated carbocycles. The Kier molecular flexibility index (Phi) is 4.72. The van der Waals surface area contributed by atoms with Crippen LogP contribution in [-0.2, 0) is 15.9 Å². The minimum atomic E-state index is -3.70. The number of sulfonamides is 1. The Hall–Kier alpha value is -0.650. The minimum Gasteiger partial charge on any atom is -0.207 e. The molecule has 0 N–H and O–H groups in total. The van der Waals surface area contributed by atoms with Crippen LogP contribution in [0.3, 0.4) is 0 Å². The first kappa shape index (κ1) is 15.7. The maximum atomic E-state index is 13.4. The van der Waals surface area contributed by atoms with Gasteiger partial charge in [0.1, 0.15) is 5.82 Å². The molecule has 1 aliphatic heterocycles. The van der Waals surface area contributed by atoms with E-state index in [4.69, 9.17) is 11.6 Å². The second-order valence-electron chi connectivity index (χ2n) is 5.49. The van der Waals surface area contributed by atoms with Crippen LogP contribution in [0.1, 0.15) is 32.3 Å². The van der Waals surface area contributed by atoms with Crippen LogP contribution in [0.25, 0.3) is 0 Å². The Morgan fingerprint density at radius 3 is 2.70 bits per heavy atom. The van der Waals surface area contributed by atoms with Crippen LogP contribution in [0.4, 0.5) is 4.39 Å². The number of nitrogens with zero attached hydrogens (tertiary/aromatic N) is 1. The SMILES string of the molecule is CC1CCC(C)N(S(=O)(=O)c2cc(F)ccc2CCl)C1. The topological polar surface area (TPSA) is 37.4 Å². The lowest BCUT2D eigenvalue weighted by atomic mass is 9.97. The molecule has 1 aliphatic rings. The molecule has 3 nitrogen and oxygen atoms in total. The van der Waals surface area contributed by atoms with Crippen LogP contribution in [0.2, 0.25) is 0 Å². The summed E-state index contributed by atoms with van der Waals surface area (Å²) < 4.78 is 40.5. The predicted octanol–water partition coefficient (Wildman–Crippen LogP) is 3.37. The Labute approximate surface area is 124 Å². The summed E-state index contributed by atoms with van der Waals surface area (Å²) in [6.07, 6.45) is 1.84. The van der Waals surface area contributed by atoms with Gasteiger partial charge in [-0.2, -0.15) is 4.31 Å². The van der Waals surface area contributed by atoms with Crippen molar-refractivity contribution in [3.63, 3.8) is 0 Å².